The molecule has 66 valence electrons. The first-order chi connectivity index (χ1) is 6.20. The standard InChI is InChI=1S/C10H7FO2/c11-8-3-1-2-7-6(8)4-5-9(12)10(7)13/h1-5,12-13H. The van der Waals surface area contributed by atoms with E-state index < -0.39 is 5.82 Å². The van der Waals surface area contributed by atoms with Gasteiger partial charge < -0.3 is 10.2 Å². The Balaban J connectivity index is 2.94. The number of hydrogen-bond donors (Lipinski definition) is 2. The van der Waals surface area contributed by atoms with Gasteiger partial charge in [-0.25, -0.2) is 4.39 Å². The third-order valence-corrected chi connectivity index (χ3v) is 1.96. The molecule has 2 nitrogen and oxygen atoms in total. The summed E-state index contributed by atoms with van der Waals surface area (Å²) >= 11 is 0. The number of aromatic hydroxyl groups is 2. The van der Waals surface area contributed by atoms with Crippen LogP contribution in [0.5, 0.6) is 11.5 Å². The highest BCUT2D eigenvalue weighted by Gasteiger charge is 2.07. The van der Waals surface area contributed by atoms with E-state index in [1.165, 1.54) is 24.3 Å². The topological polar surface area (TPSA) is 40.5 Å². The first-order valence-corrected chi connectivity index (χ1v) is 3.79. The Hall–Kier alpha value is -1.77. The monoisotopic (exact) mass is 178 g/mol. The van der Waals surface area contributed by atoms with Gasteiger partial charge in [0.05, 0.1) is 0 Å². The molecule has 0 spiro atoms. The van der Waals surface area contributed by atoms with Crippen molar-refractivity contribution in [3.63, 3.8) is 0 Å². The molecule has 2 N–H and O–H groups in total. The lowest BCUT2D eigenvalue weighted by Gasteiger charge is -2.02. The molecule has 2 rings (SSSR count). The first-order valence-electron chi connectivity index (χ1n) is 3.79. The molecule has 0 amide bonds. The van der Waals surface area contributed by atoms with Crippen molar-refractivity contribution in [3.05, 3.63) is 36.1 Å². The molecule has 0 saturated heterocycles. The van der Waals surface area contributed by atoms with Crippen LogP contribution in [0.4, 0.5) is 4.39 Å². The van der Waals surface area contributed by atoms with E-state index in [0.717, 1.165) is 0 Å². The van der Waals surface area contributed by atoms with Gasteiger partial charge >= 0.3 is 0 Å². The minimum atomic E-state index is -0.409. The van der Waals surface area contributed by atoms with E-state index in [1.54, 1.807) is 6.07 Å². The van der Waals surface area contributed by atoms with Gasteiger partial charge in [-0.3, -0.25) is 0 Å². The molecule has 3 heteroatoms. The van der Waals surface area contributed by atoms with E-state index in [0.29, 0.717) is 10.8 Å². The van der Waals surface area contributed by atoms with E-state index in [4.69, 9.17) is 5.11 Å². The highest BCUT2D eigenvalue weighted by molar-refractivity contribution is 5.90. The molecule has 0 unspecified atom stereocenters. The highest BCUT2D eigenvalue weighted by Crippen LogP contribution is 2.33. The molecule has 13 heavy (non-hydrogen) atoms. The third-order valence-electron chi connectivity index (χ3n) is 1.96. The highest BCUT2D eigenvalue weighted by atomic mass is 19.1. The number of hydrogen-bond acceptors (Lipinski definition) is 2. The summed E-state index contributed by atoms with van der Waals surface area (Å²) in [5, 5.41) is 19.1. The Kier molecular flexibility index (Phi) is 1.59. The maximum absolute atomic E-state index is 13.1. The predicted octanol–water partition coefficient (Wildman–Crippen LogP) is 2.39. The lowest BCUT2D eigenvalue weighted by atomic mass is 10.1. The maximum Gasteiger partial charge on any atom is 0.165 e. The van der Waals surface area contributed by atoms with Crippen LogP contribution in [0.25, 0.3) is 10.8 Å². The number of fused-ring (bicyclic) bond motifs is 1. The Labute approximate surface area is 73.9 Å². The van der Waals surface area contributed by atoms with Gasteiger partial charge in [-0.15, -0.1) is 0 Å². The zero-order valence-electron chi connectivity index (χ0n) is 6.66. The summed E-state index contributed by atoms with van der Waals surface area (Å²) in [5.74, 6) is -0.928. The summed E-state index contributed by atoms with van der Waals surface area (Å²) in [6.07, 6.45) is 0. The van der Waals surface area contributed by atoms with Crippen molar-refractivity contribution >= 4 is 10.8 Å². The van der Waals surface area contributed by atoms with Crippen molar-refractivity contribution in [3.8, 4) is 11.5 Å². The molecular weight excluding hydrogens is 171 g/mol. The van der Waals surface area contributed by atoms with Crippen molar-refractivity contribution in [2.24, 2.45) is 0 Å². The van der Waals surface area contributed by atoms with Gasteiger partial charge in [0, 0.05) is 10.8 Å². The molecule has 0 saturated carbocycles. The fourth-order valence-corrected chi connectivity index (χ4v) is 1.29. The van der Waals surface area contributed by atoms with Crippen molar-refractivity contribution in [2.45, 2.75) is 0 Å². The van der Waals surface area contributed by atoms with Gasteiger partial charge in [-0.05, 0) is 18.2 Å². The van der Waals surface area contributed by atoms with Crippen LogP contribution in [-0.4, -0.2) is 10.2 Å². The van der Waals surface area contributed by atoms with E-state index in [1.807, 2.05) is 0 Å². The number of benzene rings is 2. The van der Waals surface area contributed by atoms with E-state index in [-0.39, 0.29) is 11.5 Å². The molecule has 0 fully saturated rings. The van der Waals surface area contributed by atoms with Crippen LogP contribution < -0.4 is 0 Å². The van der Waals surface area contributed by atoms with Crippen molar-refractivity contribution in [1.29, 1.82) is 0 Å². The van der Waals surface area contributed by atoms with Crippen molar-refractivity contribution in [2.75, 3.05) is 0 Å². The zero-order chi connectivity index (χ0) is 9.42. The van der Waals surface area contributed by atoms with Crippen LogP contribution in [0, 0.1) is 5.82 Å². The molecule has 0 aliphatic heterocycles. The Morgan fingerprint density at radius 3 is 2.46 bits per heavy atom. The molecule has 0 aromatic heterocycles. The van der Waals surface area contributed by atoms with Crippen LogP contribution in [0.15, 0.2) is 30.3 Å². The number of rotatable bonds is 0. The second-order valence-electron chi connectivity index (χ2n) is 2.77. The zero-order valence-corrected chi connectivity index (χ0v) is 6.66. The summed E-state index contributed by atoms with van der Waals surface area (Å²) in [6, 6.07) is 7.03. The summed E-state index contributed by atoms with van der Waals surface area (Å²) in [7, 11) is 0. The Morgan fingerprint density at radius 2 is 1.69 bits per heavy atom. The van der Waals surface area contributed by atoms with E-state index in [9.17, 15) is 9.50 Å². The molecule has 0 aliphatic carbocycles. The van der Waals surface area contributed by atoms with Crippen LogP contribution in [-0.2, 0) is 0 Å². The quantitative estimate of drug-likeness (QED) is 0.608. The molecule has 2 aromatic carbocycles. The number of phenols is 2. The van der Waals surface area contributed by atoms with Gasteiger partial charge in [-0.1, -0.05) is 12.1 Å². The molecule has 2 aromatic rings. The summed E-state index contributed by atoms with van der Waals surface area (Å²) < 4.78 is 13.1. The molecule has 0 heterocycles. The minimum Gasteiger partial charge on any atom is -0.504 e. The maximum atomic E-state index is 13.1. The van der Waals surface area contributed by atoms with Gasteiger partial charge in [0.25, 0.3) is 0 Å². The third kappa shape index (κ3) is 1.09. The molecule has 0 radical (unpaired) electrons. The largest absolute Gasteiger partial charge is 0.504 e. The minimum absolute atomic E-state index is 0.238. The van der Waals surface area contributed by atoms with Crippen molar-refractivity contribution in [1.82, 2.24) is 0 Å². The lowest BCUT2D eigenvalue weighted by Crippen LogP contribution is -1.79. The second-order valence-corrected chi connectivity index (χ2v) is 2.77. The Bertz CT molecular complexity index is 466. The van der Waals surface area contributed by atoms with E-state index >= 15 is 0 Å². The SMILES string of the molecule is Oc1ccc2c(F)cccc2c1O. The normalized spacial score (nSPS) is 10.5. The molecule has 0 bridgehead atoms. The summed E-state index contributed by atoms with van der Waals surface area (Å²) in [6.45, 7) is 0. The van der Waals surface area contributed by atoms with Crippen LogP contribution in [0.1, 0.15) is 0 Å². The van der Waals surface area contributed by atoms with Crippen LogP contribution in [0.2, 0.25) is 0 Å². The van der Waals surface area contributed by atoms with Gasteiger partial charge in [-0.2, -0.15) is 0 Å². The van der Waals surface area contributed by atoms with Crippen LogP contribution >= 0.6 is 0 Å². The first kappa shape index (κ1) is 7.86. The van der Waals surface area contributed by atoms with Crippen LogP contribution in [0.3, 0.4) is 0 Å². The lowest BCUT2D eigenvalue weighted by molar-refractivity contribution is 0.408. The fourth-order valence-electron chi connectivity index (χ4n) is 1.29. The fraction of sp³-hybridized carbons (Fsp3) is 0. The van der Waals surface area contributed by atoms with Crippen molar-refractivity contribution < 1.29 is 14.6 Å². The number of halogens is 1. The average Bonchev–Trinajstić information content (AvgIpc) is 2.12. The molecular formula is C10H7FO2. The smallest absolute Gasteiger partial charge is 0.165 e. The van der Waals surface area contributed by atoms with E-state index in [2.05, 4.69) is 0 Å². The summed E-state index contributed by atoms with van der Waals surface area (Å²) in [4.78, 5) is 0. The molecule has 0 atom stereocenters. The second kappa shape index (κ2) is 2.62. The Morgan fingerprint density at radius 1 is 0.923 bits per heavy atom. The average molecular weight is 178 g/mol. The van der Waals surface area contributed by atoms with Gasteiger partial charge in [0.2, 0.25) is 0 Å². The predicted molar refractivity (Wildman–Crippen MR) is 47.2 cm³/mol. The van der Waals surface area contributed by atoms with Gasteiger partial charge in [0.15, 0.2) is 11.5 Å². The van der Waals surface area contributed by atoms with Gasteiger partial charge in [0.1, 0.15) is 5.82 Å². The molecule has 0 aliphatic rings. The number of phenolic OH excluding ortho intramolecular Hbond substituents is 2. The summed E-state index contributed by atoms with van der Waals surface area (Å²) in [5.41, 5.74) is 0.